The number of hydrogen-bond donors (Lipinski definition) is 1. The molecular weight excluding hydrogens is 347 g/mol. The van der Waals surface area contributed by atoms with Gasteiger partial charge in [0.15, 0.2) is 6.10 Å². The number of halogens is 3. The van der Waals surface area contributed by atoms with Crippen molar-refractivity contribution >= 4 is 41.5 Å². The normalized spacial score (nSPS) is 24.6. The summed E-state index contributed by atoms with van der Waals surface area (Å²) in [5, 5.41) is 4.36. The first-order valence-electron chi connectivity index (χ1n) is 7.15. The van der Waals surface area contributed by atoms with Gasteiger partial charge < -0.3 is 15.0 Å². The molecule has 122 valence electrons. The lowest BCUT2D eigenvalue weighted by molar-refractivity contribution is -0.137. The highest BCUT2D eigenvalue weighted by Gasteiger charge is 2.39. The van der Waals surface area contributed by atoms with Crippen LogP contribution in [0.25, 0.3) is 0 Å². The number of carbonyl (C=O) groups is 1. The largest absolute Gasteiger partial charge is 0.481 e. The van der Waals surface area contributed by atoms with Gasteiger partial charge in [0.05, 0.1) is 0 Å². The van der Waals surface area contributed by atoms with E-state index in [2.05, 4.69) is 5.32 Å². The Hall–Kier alpha value is -0.680. The topological polar surface area (TPSA) is 41.6 Å². The molecule has 1 amide bonds. The number of rotatable bonds is 3. The van der Waals surface area contributed by atoms with Crippen molar-refractivity contribution in [3.8, 4) is 5.75 Å². The van der Waals surface area contributed by atoms with Crippen molar-refractivity contribution in [1.82, 2.24) is 10.2 Å². The molecule has 2 fully saturated rings. The molecule has 0 aliphatic carbocycles. The molecule has 4 nitrogen and oxygen atoms in total. The Labute approximate surface area is 146 Å². The van der Waals surface area contributed by atoms with Crippen LogP contribution in [0.3, 0.4) is 0 Å². The molecule has 7 heteroatoms. The minimum atomic E-state index is -0.536. The first-order valence-corrected chi connectivity index (χ1v) is 7.91. The molecule has 0 bridgehead atoms. The Balaban J connectivity index is 0.00000176. The SMILES string of the molecule is CC(Oc1cc(Cl)cc(Cl)c1)C(=O)N1C[C@H]2CNC[C@H]2C1.Cl. The highest BCUT2D eigenvalue weighted by molar-refractivity contribution is 6.34. The number of benzene rings is 1. The molecule has 3 atom stereocenters. The molecule has 0 spiro atoms. The Morgan fingerprint density at radius 1 is 1.23 bits per heavy atom. The van der Waals surface area contributed by atoms with Crippen LogP contribution < -0.4 is 10.1 Å². The van der Waals surface area contributed by atoms with Crippen molar-refractivity contribution in [3.05, 3.63) is 28.2 Å². The summed E-state index contributed by atoms with van der Waals surface area (Å²) < 4.78 is 5.70. The van der Waals surface area contributed by atoms with E-state index in [0.717, 1.165) is 26.2 Å². The van der Waals surface area contributed by atoms with Crippen molar-refractivity contribution in [2.75, 3.05) is 26.2 Å². The van der Waals surface area contributed by atoms with Gasteiger partial charge in [-0.05, 0) is 37.0 Å². The standard InChI is InChI=1S/C15H18Cl2N2O2.ClH/c1-9(21-14-3-12(16)2-13(17)4-14)15(20)19-7-10-5-18-6-11(10)8-19;/h2-4,9-11,18H,5-8H2,1H3;1H/t9?,10-,11+;. The molecule has 2 aliphatic heterocycles. The smallest absolute Gasteiger partial charge is 0.263 e. The van der Waals surface area contributed by atoms with Gasteiger partial charge in [0.1, 0.15) is 5.75 Å². The lowest BCUT2D eigenvalue weighted by atomic mass is 10.0. The second kappa shape index (κ2) is 7.26. The molecule has 0 radical (unpaired) electrons. The number of fused-ring (bicyclic) bond motifs is 1. The van der Waals surface area contributed by atoms with Gasteiger partial charge in [-0.25, -0.2) is 0 Å². The van der Waals surface area contributed by atoms with Crippen LogP contribution in [0, 0.1) is 11.8 Å². The maximum atomic E-state index is 12.5. The fourth-order valence-electron chi connectivity index (χ4n) is 3.14. The third-order valence-electron chi connectivity index (χ3n) is 4.20. The summed E-state index contributed by atoms with van der Waals surface area (Å²) >= 11 is 11.9. The van der Waals surface area contributed by atoms with Crippen molar-refractivity contribution in [2.24, 2.45) is 11.8 Å². The second-order valence-corrected chi connectivity index (χ2v) is 6.66. The Kier molecular flexibility index (Phi) is 5.83. The summed E-state index contributed by atoms with van der Waals surface area (Å²) in [7, 11) is 0. The second-order valence-electron chi connectivity index (χ2n) is 5.79. The summed E-state index contributed by atoms with van der Waals surface area (Å²) in [6.45, 7) is 5.42. The van der Waals surface area contributed by atoms with Crippen LogP contribution >= 0.6 is 35.6 Å². The van der Waals surface area contributed by atoms with E-state index in [4.69, 9.17) is 27.9 Å². The quantitative estimate of drug-likeness (QED) is 0.895. The molecule has 1 aromatic carbocycles. The number of likely N-dealkylation sites (tertiary alicyclic amines) is 1. The van der Waals surface area contributed by atoms with E-state index >= 15 is 0 Å². The van der Waals surface area contributed by atoms with Crippen LogP contribution in [0.2, 0.25) is 10.0 Å². The number of carbonyl (C=O) groups excluding carboxylic acids is 1. The van der Waals surface area contributed by atoms with Crippen LogP contribution in [-0.2, 0) is 4.79 Å². The van der Waals surface area contributed by atoms with Crippen molar-refractivity contribution < 1.29 is 9.53 Å². The summed E-state index contributed by atoms with van der Waals surface area (Å²) in [6, 6.07) is 4.97. The van der Waals surface area contributed by atoms with E-state index in [1.807, 2.05) is 4.90 Å². The van der Waals surface area contributed by atoms with Gasteiger partial charge in [-0.1, -0.05) is 23.2 Å². The lowest BCUT2D eigenvalue weighted by Gasteiger charge is -2.22. The maximum Gasteiger partial charge on any atom is 0.263 e. The van der Waals surface area contributed by atoms with E-state index in [1.54, 1.807) is 25.1 Å². The summed E-state index contributed by atoms with van der Waals surface area (Å²) in [5.74, 6) is 1.72. The molecule has 0 saturated carbocycles. The number of nitrogens with zero attached hydrogens (tertiary/aromatic N) is 1. The molecule has 1 aromatic rings. The number of ether oxygens (including phenoxy) is 1. The van der Waals surface area contributed by atoms with Gasteiger partial charge in [-0.3, -0.25) is 4.79 Å². The third kappa shape index (κ3) is 3.80. The van der Waals surface area contributed by atoms with E-state index in [1.165, 1.54) is 0 Å². The molecule has 3 rings (SSSR count). The van der Waals surface area contributed by atoms with Gasteiger partial charge in [0.2, 0.25) is 0 Å². The average molecular weight is 366 g/mol. The molecule has 2 saturated heterocycles. The van der Waals surface area contributed by atoms with Crippen molar-refractivity contribution in [3.63, 3.8) is 0 Å². The fraction of sp³-hybridized carbons (Fsp3) is 0.533. The number of nitrogens with one attached hydrogen (secondary N) is 1. The minimum absolute atomic E-state index is 0. The Bertz CT molecular complexity index is 523. The summed E-state index contributed by atoms with van der Waals surface area (Å²) in [6.07, 6.45) is -0.536. The van der Waals surface area contributed by atoms with Gasteiger partial charge >= 0.3 is 0 Å². The average Bonchev–Trinajstić information content (AvgIpc) is 2.96. The molecule has 2 heterocycles. The lowest BCUT2D eigenvalue weighted by Crippen LogP contribution is -2.40. The number of amides is 1. The first kappa shape index (κ1) is 17.7. The molecule has 1 N–H and O–H groups in total. The first-order chi connectivity index (χ1) is 10.0. The summed E-state index contributed by atoms with van der Waals surface area (Å²) in [4.78, 5) is 14.4. The molecular formula is C15H19Cl3N2O2. The Morgan fingerprint density at radius 3 is 2.32 bits per heavy atom. The zero-order valence-electron chi connectivity index (χ0n) is 12.2. The van der Waals surface area contributed by atoms with Gasteiger partial charge in [-0.2, -0.15) is 0 Å². The van der Waals surface area contributed by atoms with Crippen LogP contribution in [0.5, 0.6) is 5.75 Å². The molecule has 1 unspecified atom stereocenters. The van der Waals surface area contributed by atoms with E-state index in [9.17, 15) is 4.79 Å². The monoisotopic (exact) mass is 364 g/mol. The maximum absolute atomic E-state index is 12.5. The van der Waals surface area contributed by atoms with Crippen LogP contribution in [0.15, 0.2) is 18.2 Å². The highest BCUT2D eigenvalue weighted by Crippen LogP contribution is 2.28. The fourth-order valence-corrected chi connectivity index (χ4v) is 3.65. The Morgan fingerprint density at radius 2 is 1.77 bits per heavy atom. The van der Waals surface area contributed by atoms with Crippen molar-refractivity contribution in [2.45, 2.75) is 13.0 Å². The van der Waals surface area contributed by atoms with E-state index in [0.29, 0.717) is 27.6 Å². The zero-order valence-corrected chi connectivity index (χ0v) is 14.5. The predicted octanol–water partition coefficient (Wildman–Crippen LogP) is 2.86. The van der Waals surface area contributed by atoms with E-state index in [-0.39, 0.29) is 18.3 Å². The minimum Gasteiger partial charge on any atom is -0.481 e. The molecule has 22 heavy (non-hydrogen) atoms. The summed E-state index contributed by atoms with van der Waals surface area (Å²) in [5.41, 5.74) is 0. The van der Waals surface area contributed by atoms with Crippen molar-refractivity contribution in [1.29, 1.82) is 0 Å². The van der Waals surface area contributed by atoms with Gasteiger partial charge in [0, 0.05) is 36.2 Å². The number of hydrogen-bond acceptors (Lipinski definition) is 3. The van der Waals surface area contributed by atoms with Crippen LogP contribution in [0.4, 0.5) is 0 Å². The zero-order chi connectivity index (χ0) is 15.0. The molecule has 2 aliphatic rings. The van der Waals surface area contributed by atoms with Crippen LogP contribution in [-0.4, -0.2) is 43.1 Å². The van der Waals surface area contributed by atoms with E-state index < -0.39 is 6.10 Å². The predicted molar refractivity (Wildman–Crippen MR) is 90.2 cm³/mol. The molecule has 0 aromatic heterocycles. The third-order valence-corrected chi connectivity index (χ3v) is 4.63. The highest BCUT2D eigenvalue weighted by atomic mass is 35.5. The van der Waals surface area contributed by atoms with Gasteiger partial charge in [-0.15, -0.1) is 12.4 Å². The van der Waals surface area contributed by atoms with Crippen LogP contribution in [0.1, 0.15) is 6.92 Å². The van der Waals surface area contributed by atoms with Gasteiger partial charge in [0.25, 0.3) is 5.91 Å².